The van der Waals surface area contributed by atoms with Gasteiger partial charge in [-0.25, -0.2) is 0 Å². The zero-order chi connectivity index (χ0) is 11.7. The molecule has 1 amide bonds. The first-order valence-corrected chi connectivity index (χ1v) is 5.86. The van der Waals surface area contributed by atoms with Crippen LogP contribution in [0.15, 0.2) is 0 Å². The summed E-state index contributed by atoms with van der Waals surface area (Å²) in [6.45, 7) is 5.99. The lowest BCUT2D eigenvalue weighted by Crippen LogP contribution is -2.39. The molecule has 0 aliphatic heterocycles. The van der Waals surface area contributed by atoms with Crippen LogP contribution in [0.3, 0.4) is 0 Å². The van der Waals surface area contributed by atoms with Crippen LogP contribution in [0.4, 0.5) is 0 Å². The molecule has 0 saturated carbocycles. The van der Waals surface area contributed by atoms with Crippen LogP contribution in [0.1, 0.15) is 52.9 Å². The van der Waals surface area contributed by atoms with Crippen LogP contribution in [0, 0.1) is 5.92 Å². The molecule has 1 unspecified atom stereocenters. The van der Waals surface area contributed by atoms with Crippen LogP contribution in [-0.2, 0) is 9.59 Å². The highest BCUT2D eigenvalue weighted by molar-refractivity contribution is 5.79. The van der Waals surface area contributed by atoms with E-state index in [9.17, 15) is 9.59 Å². The van der Waals surface area contributed by atoms with Gasteiger partial charge in [-0.3, -0.25) is 4.79 Å². The Hall–Kier alpha value is -0.860. The van der Waals surface area contributed by atoms with Gasteiger partial charge in [-0.1, -0.05) is 40.0 Å². The summed E-state index contributed by atoms with van der Waals surface area (Å²) in [5.74, 6) is 0.166. The average molecular weight is 213 g/mol. The number of hydrogen-bond acceptors (Lipinski definition) is 2. The lowest BCUT2D eigenvalue weighted by molar-refractivity contribution is -0.124. The predicted molar refractivity (Wildman–Crippen MR) is 61.6 cm³/mol. The maximum Gasteiger partial charge on any atom is 0.220 e. The second kappa shape index (κ2) is 8.45. The van der Waals surface area contributed by atoms with E-state index in [4.69, 9.17) is 0 Å². The van der Waals surface area contributed by atoms with Gasteiger partial charge in [0.15, 0.2) is 0 Å². The quantitative estimate of drug-likeness (QED) is 0.496. The molecule has 1 N–H and O–H groups in total. The summed E-state index contributed by atoms with van der Waals surface area (Å²) in [6.07, 6.45) is 5.71. The summed E-state index contributed by atoms with van der Waals surface area (Å²) in [5, 5.41) is 2.74. The van der Waals surface area contributed by atoms with Crippen LogP contribution in [-0.4, -0.2) is 18.2 Å². The first-order chi connectivity index (χ1) is 7.11. The zero-order valence-electron chi connectivity index (χ0n) is 10.1. The van der Waals surface area contributed by atoms with Crippen molar-refractivity contribution in [3.8, 4) is 0 Å². The fourth-order valence-electron chi connectivity index (χ4n) is 1.33. The Morgan fingerprint density at radius 2 is 1.93 bits per heavy atom. The first kappa shape index (κ1) is 14.1. The van der Waals surface area contributed by atoms with E-state index in [1.807, 2.05) is 13.8 Å². The molecular weight excluding hydrogens is 190 g/mol. The molecule has 3 heteroatoms. The van der Waals surface area contributed by atoms with Crippen LogP contribution < -0.4 is 5.32 Å². The molecule has 0 rings (SSSR count). The van der Waals surface area contributed by atoms with E-state index >= 15 is 0 Å². The van der Waals surface area contributed by atoms with Gasteiger partial charge in [-0.2, -0.15) is 0 Å². The number of rotatable bonds is 8. The minimum Gasteiger partial charge on any atom is -0.346 e. The molecule has 0 aromatic rings. The highest BCUT2D eigenvalue weighted by atomic mass is 16.2. The maximum absolute atomic E-state index is 11.4. The molecule has 0 spiro atoms. The number of nitrogens with one attached hydrogen (secondary N) is 1. The Bertz CT molecular complexity index is 190. The second-order valence-electron chi connectivity index (χ2n) is 4.28. The number of unbranched alkanes of at least 4 members (excludes halogenated alkanes) is 3. The van der Waals surface area contributed by atoms with Crippen LogP contribution in [0.25, 0.3) is 0 Å². The molecule has 15 heavy (non-hydrogen) atoms. The van der Waals surface area contributed by atoms with Crippen molar-refractivity contribution in [1.29, 1.82) is 0 Å². The lowest BCUT2D eigenvalue weighted by Gasteiger charge is -2.15. The maximum atomic E-state index is 11.4. The summed E-state index contributed by atoms with van der Waals surface area (Å²) in [7, 11) is 0. The van der Waals surface area contributed by atoms with Crippen molar-refractivity contribution < 1.29 is 9.59 Å². The third-order valence-corrected chi connectivity index (χ3v) is 2.45. The van der Waals surface area contributed by atoms with Crippen molar-refractivity contribution in [3.05, 3.63) is 0 Å². The molecule has 0 radical (unpaired) electrons. The molecule has 1 atom stereocenters. The summed E-state index contributed by atoms with van der Waals surface area (Å²) in [4.78, 5) is 22.1. The molecule has 0 heterocycles. The van der Waals surface area contributed by atoms with Gasteiger partial charge in [-0.15, -0.1) is 0 Å². The molecule has 0 aromatic carbocycles. The highest BCUT2D eigenvalue weighted by Gasteiger charge is 2.14. The lowest BCUT2D eigenvalue weighted by atomic mass is 10.1. The Morgan fingerprint density at radius 3 is 2.40 bits per heavy atom. The summed E-state index contributed by atoms with van der Waals surface area (Å²) < 4.78 is 0. The van der Waals surface area contributed by atoms with Crippen molar-refractivity contribution in [3.63, 3.8) is 0 Å². The molecule has 0 saturated heterocycles. The normalized spacial score (nSPS) is 12.5. The van der Waals surface area contributed by atoms with Gasteiger partial charge < -0.3 is 10.1 Å². The Balaban J connectivity index is 3.67. The van der Waals surface area contributed by atoms with E-state index in [0.29, 0.717) is 6.42 Å². The van der Waals surface area contributed by atoms with Crippen LogP contribution in [0.2, 0.25) is 0 Å². The van der Waals surface area contributed by atoms with Crippen molar-refractivity contribution >= 4 is 12.2 Å². The minimum atomic E-state index is -0.330. The molecule has 0 fully saturated rings. The summed E-state index contributed by atoms with van der Waals surface area (Å²) in [6, 6.07) is -0.330. The SMILES string of the molecule is CCCCCCC(=O)NC(C=O)C(C)C. The van der Waals surface area contributed by atoms with E-state index in [1.54, 1.807) is 0 Å². The number of hydrogen-bond donors (Lipinski definition) is 1. The van der Waals surface area contributed by atoms with Gasteiger partial charge in [0.2, 0.25) is 5.91 Å². The highest BCUT2D eigenvalue weighted by Crippen LogP contribution is 2.04. The minimum absolute atomic E-state index is 0.00287. The average Bonchev–Trinajstić information content (AvgIpc) is 2.20. The van der Waals surface area contributed by atoms with Crippen LogP contribution in [0.5, 0.6) is 0 Å². The molecule has 0 bridgehead atoms. The van der Waals surface area contributed by atoms with E-state index in [0.717, 1.165) is 19.1 Å². The van der Waals surface area contributed by atoms with Gasteiger partial charge in [0.05, 0.1) is 6.04 Å². The Kier molecular flexibility index (Phi) is 7.96. The Morgan fingerprint density at radius 1 is 1.27 bits per heavy atom. The fourth-order valence-corrected chi connectivity index (χ4v) is 1.33. The monoisotopic (exact) mass is 213 g/mol. The second-order valence-corrected chi connectivity index (χ2v) is 4.28. The third-order valence-electron chi connectivity index (χ3n) is 2.45. The van der Waals surface area contributed by atoms with E-state index in [-0.39, 0.29) is 17.9 Å². The van der Waals surface area contributed by atoms with Crippen molar-refractivity contribution in [2.75, 3.05) is 0 Å². The van der Waals surface area contributed by atoms with Crippen molar-refractivity contribution in [2.45, 2.75) is 58.9 Å². The van der Waals surface area contributed by atoms with E-state index in [2.05, 4.69) is 12.2 Å². The topological polar surface area (TPSA) is 46.2 Å². The number of aldehydes is 1. The molecule has 0 aliphatic carbocycles. The molecule has 3 nitrogen and oxygen atoms in total. The predicted octanol–water partition coefficient (Wildman–Crippen LogP) is 2.30. The number of amides is 1. The number of carbonyl (C=O) groups excluding carboxylic acids is 2. The van der Waals surface area contributed by atoms with Crippen LogP contribution >= 0.6 is 0 Å². The van der Waals surface area contributed by atoms with Gasteiger partial charge in [0.1, 0.15) is 6.29 Å². The first-order valence-electron chi connectivity index (χ1n) is 5.86. The van der Waals surface area contributed by atoms with Gasteiger partial charge in [0, 0.05) is 6.42 Å². The number of carbonyl (C=O) groups is 2. The zero-order valence-corrected chi connectivity index (χ0v) is 10.1. The molecular formula is C12H23NO2. The van der Waals surface area contributed by atoms with E-state index in [1.165, 1.54) is 12.8 Å². The third kappa shape index (κ3) is 7.11. The standard InChI is InChI=1S/C12H23NO2/c1-4-5-6-7-8-12(15)13-11(9-14)10(2)3/h9-11H,4-8H2,1-3H3,(H,13,15). The van der Waals surface area contributed by atoms with Gasteiger partial charge in [-0.05, 0) is 12.3 Å². The van der Waals surface area contributed by atoms with Crippen molar-refractivity contribution in [2.24, 2.45) is 5.92 Å². The van der Waals surface area contributed by atoms with Gasteiger partial charge >= 0.3 is 0 Å². The fraction of sp³-hybridized carbons (Fsp3) is 0.833. The molecule has 0 aliphatic rings. The summed E-state index contributed by atoms with van der Waals surface area (Å²) >= 11 is 0. The van der Waals surface area contributed by atoms with Crippen molar-refractivity contribution in [1.82, 2.24) is 5.32 Å². The smallest absolute Gasteiger partial charge is 0.220 e. The van der Waals surface area contributed by atoms with Gasteiger partial charge in [0.25, 0.3) is 0 Å². The Labute approximate surface area is 92.6 Å². The van der Waals surface area contributed by atoms with E-state index < -0.39 is 0 Å². The summed E-state index contributed by atoms with van der Waals surface area (Å²) in [5.41, 5.74) is 0. The molecule has 88 valence electrons. The molecule has 0 aromatic heterocycles. The largest absolute Gasteiger partial charge is 0.346 e.